The number of rotatable bonds is 5. The zero-order valence-corrected chi connectivity index (χ0v) is 12.0. The minimum absolute atomic E-state index is 0.0828. The minimum atomic E-state index is -0.363. The zero-order chi connectivity index (χ0) is 14.9. The molecular weight excluding hydrogens is 262 g/mol. The van der Waals surface area contributed by atoms with Crippen molar-refractivity contribution in [1.82, 2.24) is 18.7 Å². The van der Waals surface area contributed by atoms with Crippen molar-refractivity contribution in [3.63, 3.8) is 0 Å². The lowest BCUT2D eigenvalue weighted by atomic mass is 10.4. The Morgan fingerprint density at radius 3 is 2.65 bits per heavy atom. The van der Waals surface area contributed by atoms with Crippen LogP contribution in [0.4, 0.5) is 0 Å². The summed E-state index contributed by atoms with van der Waals surface area (Å²) in [5.41, 5.74) is 0.139. The van der Waals surface area contributed by atoms with E-state index < -0.39 is 0 Å². The Morgan fingerprint density at radius 2 is 2.00 bits per heavy atom. The molecule has 8 heteroatoms. The molecular formula is C12H20N5O3+. The number of aliphatic hydroxyl groups is 1. The standard InChI is InChI=1S/C12H19N5O3/c1-14(6-7-18)4-5-17-11(19)9-10(13-8-15(9)2)16(3)12(17)20/h8,18H,4-7H2,1-3H3/p+1. The fraction of sp³-hybridized carbons (Fsp3) is 0.583. The topological polar surface area (TPSA) is 86.5 Å². The molecule has 110 valence electrons. The van der Waals surface area contributed by atoms with E-state index >= 15 is 0 Å². The van der Waals surface area contributed by atoms with Crippen molar-refractivity contribution in [1.29, 1.82) is 0 Å². The number of aliphatic hydroxyl groups excluding tert-OH is 1. The van der Waals surface area contributed by atoms with Crippen molar-refractivity contribution >= 4 is 11.2 Å². The minimum Gasteiger partial charge on any atom is -0.391 e. The SMILES string of the molecule is Cn1cnc2c1c(=O)n(CC[NH+](C)CCO)c(=O)n2C. The van der Waals surface area contributed by atoms with E-state index in [1.165, 1.54) is 15.5 Å². The summed E-state index contributed by atoms with van der Waals surface area (Å²) in [6, 6.07) is 0. The lowest BCUT2D eigenvalue weighted by molar-refractivity contribution is -0.880. The van der Waals surface area contributed by atoms with E-state index in [2.05, 4.69) is 4.98 Å². The van der Waals surface area contributed by atoms with Gasteiger partial charge in [-0.05, 0) is 0 Å². The Morgan fingerprint density at radius 1 is 1.30 bits per heavy atom. The molecule has 2 rings (SSSR count). The van der Waals surface area contributed by atoms with Gasteiger partial charge in [0.25, 0.3) is 5.56 Å². The van der Waals surface area contributed by atoms with Crippen LogP contribution in [0.1, 0.15) is 0 Å². The number of imidazole rings is 1. The Bertz CT molecular complexity index is 727. The van der Waals surface area contributed by atoms with Gasteiger partial charge in [0.2, 0.25) is 0 Å². The third-order valence-electron chi connectivity index (χ3n) is 3.50. The summed E-state index contributed by atoms with van der Waals surface area (Å²) in [7, 11) is 5.25. The lowest BCUT2D eigenvalue weighted by Gasteiger charge is -2.13. The van der Waals surface area contributed by atoms with Gasteiger partial charge in [-0.1, -0.05) is 0 Å². The largest absolute Gasteiger partial charge is 0.391 e. The molecule has 20 heavy (non-hydrogen) atoms. The number of nitrogens with zero attached hydrogens (tertiary/aromatic N) is 4. The molecule has 0 aliphatic carbocycles. The van der Waals surface area contributed by atoms with Gasteiger partial charge in [0.05, 0.1) is 33.1 Å². The second-order valence-corrected chi connectivity index (χ2v) is 5.01. The van der Waals surface area contributed by atoms with Crippen LogP contribution in [0.25, 0.3) is 11.2 Å². The highest BCUT2D eigenvalue weighted by Crippen LogP contribution is 2.02. The lowest BCUT2D eigenvalue weighted by Crippen LogP contribution is -3.10. The first kappa shape index (κ1) is 14.5. The maximum Gasteiger partial charge on any atom is 0.332 e. The highest BCUT2D eigenvalue weighted by molar-refractivity contribution is 5.69. The number of aromatic nitrogens is 4. The predicted octanol–water partition coefficient (Wildman–Crippen LogP) is -3.06. The molecule has 1 atom stereocenters. The maximum absolute atomic E-state index is 12.4. The first-order chi connectivity index (χ1) is 9.47. The van der Waals surface area contributed by atoms with E-state index in [0.29, 0.717) is 30.8 Å². The number of likely N-dealkylation sites (N-methyl/N-ethyl adjacent to an activating group) is 1. The summed E-state index contributed by atoms with van der Waals surface area (Å²) in [5.74, 6) is 0. The van der Waals surface area contributed by atoms with Crippen LogP contribution in [0, 0.1) is 0 Å². The second-order valence-electron chi connectivity index (χ2n) is 5.01. The quantitative estimate of drug-likeness (QED) is 0.610. The third kappa shape index (κ3) is 2.39. The number of quaternary nitrogens is 1. The Kier molecular flexibility index (Phi) is 4.05. The summed E-state index contributed by atoms with van der Waals surface area (Å²) < 4.78 is 4.24. The van der Waals surface area contributed by atoms with Crippen LogP contribution in [0.15, 0.2) is 15.9 Å². The Balaban J connectivity index is 2.46. The number of hydrogen-bond donors (Lipinski definition) is 2. The Hall–Kier alpha value is -1.93. The molecule has 2 heterocycles. The molecule has 0 fully saturated rings. The smallest absolute Gasteiger partial charge is 0.332 e. The van der Waals surface area contributed by atoms with Crippen LogP contribution in [-0.4, -0.2) is 50.5 Å². The average Bonchev–Trinajstić information content (AvgIpc) is 2.79. The van der Waals surface area contributed by atoms with Gasteiger partial charge < -0.3 is 14.6 Å². The molecule has 1 unspecified atom stereocenters. The molecule has 2 aromatic heterocycles. The van der Waals surface area contributed by atoms with E-state index in [0.717, 1.165) is 4.90 Å². The van der Waals surface area contributed by atoms with Gasteiger partial charge in [0.1, 0.15) is 6.54 Å². The predicted molar refractivity (Wildman–Crippen MR) is 73.9 cm³/mol. The molecule has 0 aliphatic rings. The molecule has 8 nitrogen and oxygen atoms in total. The van der Waals surface area contributed by atoms with E-state index in [1.807, 2.05) is 7.05 Å². The van der Waals surface area contributed by atoms with Crippen LogP contribution in [0.2, 0.25) is 0 Å². The van der Waals surface area contributed by atoms with Crippen molar-refractivity contribution in [2.24, 2.45) is 14.1 Å². The third-order valence-corrected chi connectivity index (χ3v) is 3.50. The summed E-state index contributed by atoms with van der Waals surface area (Å²) in [6.45, 7) is 1.58. The van der Waals surface area contributed by atoms with Gasteiger partial charge >= 0.3 is 5.69 Å². The molecule has 0 saturated heterocycles. The molecule has 0 radical (unpaired) electrons. The van der Waals surface area contributed by atoms with E-state index in [4.69, 9.17) is 5.11 Å². The summed E-state index contributed by atoms with van der Waals surface area (Å²) in [5, 5.41) is 8.87. The number of fused-ring (bicyclic) bond motifs is 1. The second kappa shape index (κ2) is 5.59. The molecule has 2 aromatic rings. The van der Waals surface area contributed by atoms with E-state index in [-0.39, 0.29) is 17.9 Å². The number of nitrogens with one attached hydrogen (secondary N) is 1. The van der Waals surface area contributed by atoms with Crippen molar-refractivity contribution in [2.75, 3.05) is 26.7 Å². The molecule has 0 saturated carbocycles. The fourth-order valence-electron chi connectivity index (χ4n) is 2.21. The first-order valence-electron chi connectivity index (χ1n) is 6.50. The van der Waals surface area contributed by atoms with Gasteiger partial charge in [-0.25, -0.2) is 9.78 Å². The Labute approximate surface area is 115 Å². The molecule has 0 bridgehead atoms. The molecule has 0 amide bonds. The van der Waals surface area contributed by atoms with Crippen molar-refractivity contribution < 1.29 is 10.0 Å². The fourth-order valence-corrected chi connectivity index (χ4v) is 2.21. The molecule has 0 aliphatic heterocycles. The van der Waals surface area contributed by atoms with E-state index in [9.17, 15) is 9.59 Å². The van der Waals surface area contributed by atoms with Gasteiger partial charge in [0, 0.05) is 14.1 Å². The first-order valence-corrected chi connectivity index (χ1v) is 6.50. The maximum atomic E-state index is 12.4. The molecule has 2 N–H and O–H groups in total. The summed E-state index contributed by atoms with van der Waals surface area (Å²) >= 11 is 0. The van der Waals surface area contributed by atoms with Gasteiger partial charge in [-0.15, -0.1) is 0 Å². The van der Waals surface area contributed by atoms with Crippen molar-refractivity contribution in [3.8, 4) is 0 Å². The van der Waals surface area contributed by atoms with Crippen molar-refractivity contribution in [2.45, 2.75) is 6.54 Å². The monoisotopic (exact) mass is 282 g/mol. The summed E-state index contributed by atoms with van der Waals surface area (Å²) in [4.78, 5) is 29.7. The van der Waals surface area contributed by atoms with Gasteiger partial charge in [-0.2, -0.15) is 0 Å². The van der Waals surface area contributed by atoms with Gasteiger partial charge in [-0.3, -0.25) is 13.9 Å². The highest BCUT2D eigenvalue weighted by Gasteiger charge is 2.15. The molecule has 0 spiro atoms. The van der Waals surface area contributed by atoms with Crippen molar-refractivity contribution in [3.05, 3.63) is 27.2 Å². The van der Waals surface area contributed by atoms with Gasteiger partial charge in [0.15, 0.2) is 11.2 Å². The normalized spacial score (nSPS) is 13.0. The van der Waals surface area contributed by atoms with E-state index in [1.54, 1.807) is 18.7 Å². The highest BCUT2D eigenvalue weighted by atomic mass is 16.3. The molecule has 0 aromatic carbocycles. The average molecular weight is 282 g/mol. The number of aryl methyl sites for hydroxylation is 2. The van der Waals surface area contributed by atoms with Crippen LogP contribution in [0.5, 0.6) is 0 Å². The zero-order valence-electron chi connectivity index (χ0n) is 12.0. The van der Waals surface area contributed by atoms with Crippen LogP contribution in [-0.2, 0) is 20.6 Å². The summed E-state index contributed by atoms with van der Waals surface area (Å²) in [6.07, 6.45) is 1.53. The number of hydrogen-bond acceptors (Lipinski definition) is 4. The van der Waals surface area contributed by atoms with Crippen LogP contribution >= 0.6 is 0 Å². The van der Waals surface area contributed by atoms with Crippen LogP contribution in [0.3, 0.4) is 0 Å². The van der Waals surface area contributed by atoms with Crippen LogP contribution < -0.4 is 16.1 Å².